The summed E-state index contributed by atoms with van der Waals surface area (Å²) in [4.78, 5) is 14.3. The van der Waals surface area contributed by atoms with Gasteiger partial charge in [-0.15, -0.1) is 0 Å². The summed E-state index contributed by atoms with van der Waals surface area (Å²) < 4.78 is 11.6. The third-order valence-corrected chi connectivity index (χ3v) is 4.94. The lowest BCUT2D eigenvalue weighted by molar-refractivity contribution is -0.0663. The fourth-order valence-corrected chi connectivity index (χ4v) is 3.40. The molecule has 0 radical (unpaired) electrons. The number of rotatable bonds is 4. The van der Waals surface area contributed by atoms with Crippen molar-refractivity contribution in [2.24, 2.45) is 5.92 Å². The van der Waals surface area contributed by atoms with E-state index >= 15 is 0 Å². The molecular formula is C16H28N2O3. The van der Waals surface area contributed by atoms with Gasteiger partial charge in [-0.1, -0.05) is 6.42 Å². The fourth-order valence-electron chi connectivity index (χ4n) is 3.40. The predicted molar refractivity (Wildman–Crippen MR) is 80.2 cm³/mol. The molecule has 2 aliphatic carbocycles. The van der Waals surface area contributed by atoms with E-state index in [4.69, 9.17) is 9.47 Å². The zero-order valence-corrected chi connectivity index (χ0v) is 13.2. The zero-order valence-electron chi connectivity index (χ0n) is 13.2. The van der Waals surface area contributed by atoms with Crippen LogP contribution in [0.15, 0.2) is 0 Å². The van der Waals surface area contributed by atoms with Gasteiger partial charge in [0.25, 0.3) is 0 Å². The number of nitrogens with one attached hydrogen (secondary N) is 1. The lowest BCUT2D eigenvalue weighted by Gasteiger charge is -2.42. The molecule has 0 aromatic heterocycles. The van der Waals surface area contributed by atoms with Crippen LogP contribution in [0.1, 0.15) is 46.0 Å². The first-order chi connectivity index (χ1) is 10.1. The molecule has 1 aliphatic heterocycles. The first-order valence-corrected chi connectivity index (χ1v) is 8.44. The second-order valence-corrected chi connectivity index (χ2v) is 6.97. The van der Waals surface area contributed by atoms with Crippen LogP contribution in [0.2, 0.25) is 0 Å². The van der Waals surface area contributed by atoms with Crippen LogP contribution in [0.3, 0.4) is 0 Å². The van der Waals surface area contributed by atoms with Gasteiger partial charge < -0.3 is 19.7 Å². The summed E-state index contributed by atoms with van der Waals surface area (Å²) in [6.45, 7) is 6.27. The molecule has 3 rings (SSSR count). The SMILES string of the molecule is CC(C)OC1CC(NC(=O)N2CCOC(C3CCC3)C2)C1. The zero-order chi connectivity index (χ0) is 14.8. The van der Waals surface area contributed by atoms with Crippen molar-refractivity contribution < 1.29 is 14.3 Å². The number of amides is 2. The van der Waals surface area contributed by atoms with Gasteiger partial charge >= 0.3 is 6.03 Å². The fraction of sp³-hybridized carbons (Fsp3) is 0.938. The van der Waals surface area contributed by atoms with Crippen molar-refractivity contribution in [3.63, 3.8) is 0 Å². The Balaban J connectivity index is 1.39. The smallest absolute Gasteiger partial charge is 0.317 e. The van der Waals surface area contributed by atoms with Crippen molar-refractivity contribution in [2.45, 2.75) is 70.3 Å². The first-order valence-electron chi connectivity index (χ1n) is 8.44. The molecule has 1 unspecified atom stereocenters. The topological polar surface area (TPSA) is 50.8 Å². The molecule has 3 aliphatic rings. The molecule has 120 valence electrons. The summed E-state index contributed by atoms with van der Waals surface area (Å²) in [6.07, 6.45) is 6.58. The molecule has 0 spiro atoms. The van der Waals surface area contributed by atoms with Gasteiger partial charge in [0.15, 0.2) is 0 Å². The van der Waals surface area contributed by atoms with Crippen molar-refractivity contribution in [2.75, 3.05) is 19.7 Å². The first kappa shape index (κ1) is 15.1. The van der Waals surface area contributed by atoms with Crippen molar-refractivity contribution in [1.82, 2.24) is 10.2 Å². The molecule has 5 nitrogen and oxygen atoms in total. The lowest BCUT2D eigenvalue weighted by Crippen LogP contribution is -2.56. The summed E-state index contributed by atoms with van der Waals surface area (Å²) >= 11 is 0. The maximum absolute atomic E-state index is 12.3. The number of urea groups is 1. The van der Waals surface area contributed by atoms with Gasteiger partial charge in [0.1, 0.15) is 0 Å². The van der Waals surface area contributed by atoms with Gasteiger partial charge in [-0.05, 0) is 45.4 Å². The molecule has 21 heavy (non-hydrogen) atoms. The van der Waals surface area contributed by atoms with Crippen molar-refractivity contribution in [3.8, 4) is 0 Å². The summed E-state index contributed by atoms with van der Waals surface area (Å²) in [7, 11) is 0. The van der Waals surface area contributed by atoms with E-state index in [9.17, 15) is 4.79 Å². The van der Waals surface area contributed by atoms with Crippen LogP contribution in [-0.2, 0) is 9.47 Å². The van der Waals surface area contributed by atoms with Gasteiger partial charge in [-0.25, -0.2) is 4.79 Å². The molecule has 0 bridgehead atoms. The lowest BCUT2D eigenvalue weighted by atomic mass is 9.80. The third kappa shape index (κ3) is 3.69. The van der Waals surface area contributed by atoms with Crippen LogP contribution >= 0.6 is 0 Å². The average molecular weight is 296 g/mol. The van der Waals surface area contributed by atoms with E-state index in [1.54, 1.807) is 0 Å². The molecular weight excluding hydrogens is 268 g/mol. The normalized spacial score (nSPS) is 33.5. The maximum Gasteiger partial charge on any atom is 0.317 e. The molecule has 1 saturated heterocycles. The van der Waals surface area contributed by atoms with Gasteiger partial charge in [-0.3, -0.25) is 0 Å². The molecule has 0 aromatic rings. The van der Waals surface area contributed by atoms with Crippen molar-refractivity contribution in [1.29, 1.82) is 0 Å². The number of ether oxygens (including phenoxy) is 2. The van der Waals surface area contributed by atoms with Crippen LogP contribution in [0, 0.1) is 5.92 Å². The number of morpholine rings is 1. The Hall–Kier alpha value is -0.810. The molecule has 0 aromatic carbocycles. The minimum Gasteiger partial charge on any atom is -0.375 e. The van der Waals surface area contributed by atoms with E-state index in [0.717, 1.165) is 19.4 Å². The van der Waals surface area contributed by atoms with Crippen molar-refractivity contribution in [3.05, 3.63) is 0 Å². The summed E-state index contributed by atoms with van der Waals surface area (Å²) in [5.74, 6) is 0.674. The molecule has 1 heterocycles. The Kier molecular flexibility index (Phi) is 4.69. The van der Waals surface area contributed by atoms with E-state index in [2.05, 4.69) is 19.2 Å². The van der Waals surface area contributed by atoms with E-state index in [-0.39, 0.29) is 24.3 Å². The molecule has 1 atom stereocenters. The Labute approximate surface area is 127 Å². The molecule has 2 amide bonds. The minimum absolute atomic E-state index is 0.0793. The van der Waals surface area contributed by atoms with Crippen LogP contribution in [-0.4, -0.2) is 55.0 Å². The minimum atomic E-state index is 0.0793. The molecule has 5 heteroatoms. The highest BCUT2D eigenvalue weighted by Gasteiger charge is 2.36. The maximum atomic E-state index is 12.3. The Morgan fingerprint density at radius 2 is 2.10 bits per heavy atom. The van der Waals surface area contributed by atoms with Gasteiger partial charge in [0.05, 0.1) is 24.9 Å². The van der Waals surface area contributed by atoms with Gasteiger partial charge in [0, 0.05) is 19.1 Å². The van der Waals surface area contributed by atoms with Crippen molar-refractivity contribution >= 4 is 6.03 Å². The number of hydrogen-bond donors (Lipinski definition) is 1. The van der Waals surface area contributed by atoms with Crippen LogP contribution in [0.4, 0.5) is 4.79 Å². The standard InChI is InChI=1S/C16H28N2O3/c1-11(2)21-14-8-13(9-14)17-16(19)18-6-7-20-15(10-18)12-4-3-5-12/h11-15H,3-10H2,1-2H3,(H,17,19). The average Bonchev–Trinajstić information content (AvgIpc) is 2.34. The molecule has 3 fully saturated rings. The van der Waals surface area contributed by atoms with Gasteiger partial charge in [0.2, 0.25) is 0 Å². The monoisotopic (exact) mass is 296 g/mol. The van der Waals surface area contributed by atoms with Crippen LogP contribution < -0.4 is 5.32 Å². The van der Waals surface area contributed by atoms with Crippen LogP contribution in [0.25, 0.3) is 0 Å². The second-order valence-electron chi connectivity index (χ2n) is 6.97. The Bertz CT molecular complexity index is 365. The highest BCUT2D eigenvalue weighted by Crippen LogP contribution is 2.32. The quantitative estimate of drug-likeness (QED) is 0.865. The second kappa shape index (κ2) is 6.53. The van der Waals surface area contributed by atoms with Crippen LogP contribution in [0.5, 0.6) is 0 Å². The number of hydrogen-bond acceptors (Lipinski definition) is 3. The highest BCUT2D eigenvalue weighted by atomic mass is 16.5. The summed E-state index contributed by atoms with van der Waals surface area (Å²) in [5, 5.41) is 3.14. The molecule has 1 N–H and O–H groups in total. The number of carbonyl (C=O) groups is 1. The Morgan fingerprint density at radius 3 is 2.71 bits per heavy atom. The van der Waals surface area contributed by atoms with E-state index in [0.29, 0.717) is 25.2 Å². The van der Waals surface area contributed by atoms with E-state index < -0.39 is 0 Å². The third-order valence-electron chi connectivity index (χ3n) is 4.94. The molecule has 2 saturated carbocycles. The Morgan fingerprint density at radius 1 is 1.33 bits per heavy atom. The van der Waals surface area contributed by atoms with E-state index in [1.807, 2.05) is 4.90 Å². The summed E-state index contributed by atoms with van der Waals surface area (Å²) in [6, 6.07) is 0.363. The largest absolute Gasteiger partial charge is 0.375 e. The number of carbonyl (C=O) groups excluding carboxylic acids is 1. The van der Waals surface area contributed by atoms with E-state index in [1.165, 1.54) is 19.3 Å². The predicted octanol–water partition coefficient (Wildman–Crippen LogP) is 2.15. The van der Waals surface area contributed by atoms with Gasteiger partial charge in [-0.2, -0.15) is 0 Å². The number of nitrogens with zero attached hydrogens (tertiary/aromatic N) is 1. The summed E-state index contributed by atoms with van der Waals surface area (Å²) in [5.41, 5.74) is 0. The highest BCUT2D eigenvalue weighted by molar-refractivity contribution is 5.74.